The van der Waals surface area contributed by atoms with E-state index < -0.39 is 17.6 Å². The quantitative estimate of drug-likeness (QED) is 0.501. The molecule has 18 heavy (non-hydrogen) atoms. The molecule has 3 amide bonds. The monoisotopic (exact) mass is 253 g/mol. The number of nitrogens with two attached hydrogens (primary N) is 1. The molecular formula is C11H15N3O4. The standard InChI is InChI=1S/C11H15N3O4/c12-10-3-11(4-10,18-5-10)9(17)13-6-1-2-7(15)14-8(6)16/h6H,1-5,12H2,(H,13,17)(H,14,15,16). The number of carbonyl (C=O) groups excluding carboxylic acids is 3. The highest BCUT2D eigenvalue weighted by atomic mass is 16.5. The van der Waals surface area contributed by atoms with E-state index in [1.54, 1.807) is 0 Å². The number of carbonyl (C=O) groups is 3. The molecule has 3 heterocycles. The zero-order valence-electron chi connectivity index (χ0n) is 9.82. The second kappa shape index (κ2) is 3.52. The van der Waals surface area contributed by atoms with E-state index >= 15 is 0 Å². The Labute approximate surface area is 103 Å². The summed E-state index contributed by atoms with van der Waals surface area (Å²) < 4.78 is 5.44. The van der Waals surface area contributed by atoms with Crippen LogP contribution in [0.1, 0.15) is 25.7 Å². The van der Waals surface area contributed by atoms with Crippen LogP contribution in [-0.4, -0.2) is 41.5 Å². The third-order valence-corrected chi connectivity index (χ3v) is 3.87. The fraction of sp³-hybridized carbons (Fsp3) is 0.727. The molecule has 4 N–H and O–H groups in total. The van der Waals surface area contributed by atoms with Crippen LogP contribution in [0.25, 0.3) is 0 Å². The van der Waals surface area contributed by atoms with E-state index in [-0.39, 0.29) is 23.8 Å². The Morgan fingerprint density at radius 1 is 1.44 bits per heavy atom. The summed E-state index contributed by atoms with van der Waals surface area (Å²) in [6.45, 7) is 0.385. The Morgan fingerprint density at radius 3 is 2.72 bits per heavy atom. The van der Waals surface area contributed by atoms with Crippen molar-refractivity contribution in [3.05, 3.63) is 0 Å². The number of imide groups is 1. The van der Waals surface area contributed by atoms with Crippen molar-refractivity contribution in [2.75, 3.05) is 6.61 Å². The third-order valence-electron chi connectivity index (χ3n) is 3.87. The van der Waals surface area contributed by atoms with Gasteiger partial charge in [-0.2, -0.15) is 0 Å². The van der Waals surface area contributed by atoms with E-state index in [9.17, 15) is 14.4 Å². The molecule has 0 spiro atoms. The summed E-state index contributed by atoms with van der Waals surface area (Å²) in [5.74, 6) is -1.05. The van der Waals surface area contributed by atoms with Gasteiger partial charge in [0.15, 0.2) is 0 Å². The number of hydrogen-bond donors (Lipinski definition) is 3. The van der Waals surface area contributed by atoms with Crippen molar-refractivity contribution < 1.29 is 19.1 Å². The second-order valence-electron chi connectivity index (χ2n) is 5.48. The minimum absolute atomic E-state index is 0.241. The van der Waals surface area contributed by atoms with Gasteiger partial charge in [-0.15, -0.1) is 0 Å². The van der Waals surface area contributed by atoms with Gasteiger partial charge in [0, 0.05) is 24.8 Å². The van der Waals surface area contributed by atoms with Crippen molar-refractivity contribution in [2.24, 2.45) is 5.73 Å². The average molecular weight is 253 g/mol. The van der Waals surface area contributed by atoms with Crippen molar-refractivity contribution in [1.82, 2.24) is 10.6 Å². The fourth-order valence-corrected chi connectivity index (χ4v) is 2.92. The second-order valence-corrected chi connectivity index (χ2v) is 5.48. The first kappa shape index (κ1) is 11.6. The fourth-order valence-electron chi connectivity index (χ4n) is 2.92. The van der Waals surface area contributed by atoms with Crippen LogP contribution in [0.5, 0.6) is 0 Å². The molecule has 0 aromatic carbocycles. The van der Waals surface area contributed by atoms with Gasteiger partial charge in [-0.25, -0.2) is 0 Å². The lowest BCUT2D eigenvalue weighted by molar-refractivity contribution is -0.148. The molecule has 4 rings (SSSR count). The van der Waals surface area contributed by atoms with Gasteiger partial charge >= 0.3 is 0 Å². The van der Waals surface area contributed by atoms with Gasteiger partial charge in [-0.3, -0.25) is 19.7 Å². The van der Waals surface area contributed by atoms with Crippen LogP contribution in [0, 0.1) is 0 Å². The van der Waals surface area contributed by atoms with Crippen molar-refractivity contribution >= 4 is 17.7 Å². The summed E-state index contributed by atoms with van der Waals surface area (Å²) in [7, 11) is 0. The van der Waals surface area contributed by atoms with E-state index in [0.717, 1.165) is 0 Å². The van der Waals surface area contributed by atoms with Gasteiger partial charge in [-0.05, 0) is 6.42 Å². The average Bonchev–Trinajstić information content (AvgIpc) is 2.76. The molecule has 4 aliphatic rings. The third kappa shape index (κ3) is 1.62. The molecule has 7 nitrogen and oxygen atoms in total. The van der Waals surface area contributed by atoms with Crippen LogP contribution >= 0.6 is 0 Å². The summed E-state index contributed by atoms with van der Waals surface area (Å²) in [6, 6.07) is -0.651. The topological polar surface area (TPSA) is 111 Å². The zero-order valence-corrected chi connectivity index (χ0v) is 9.82. The van der Waals surface area contributed by atoms with Gasteiger partial charge in [0.1, 0.15) is 11.6 Å². The summed E-state index contributed by atoms with van der Waals surface area (Å²) in [5, 5.41) is 4.84. The molecule has 98 valence electrons. The van der Waals surface area contributed by atoms with E-state index in [4.69, 9.17) is 10.5 Å². The number of hydrogen-bond acceptors (Lipinski definition) is 5. The smallest absolute Gasteiger partial charge is 0.253 e. The number of fused-ring (bicyclic) bond motifs is 1. The van der Waals surface area contributed by atoms with Crippen LogP contribution in [-0.2, 0) is 19.1 Å². The molecule has 7 heteroatoms. The molecule has 0 aromatic heterocycles. The summed E-state index contributed by atoms with van der Waals surface area (Å²) in [5.41, 5.74) is 4.69. The zero-order chi connectivity index (χ0) is 13.0. The SMILES string of the molecule is NC12COC(C(=O)NC3CCC(=O)NC3=O)(C1)C2. The lowest BCUT2D eigenvalue weighted by atomic mass is 9.68. The van der Waals surface area contributed by atoms with Gasteiger partial charge in [-0.1, -0.05) is 0 Å². The van der Waals surface area contributed by atoms with Gasteiger partial charge in [0.2, 0.25) is 11.8 Å². The highest BCUT2D eigenvalue weighted by molar-refractivity contribution is 6.02. The normalized spacial score (nSPS) is 42.2. The molecular weight excluding hydrogens is 238 g/mol. The first-order valence-electron chi connectivity index (χ1n) is 6.00. The number of ether oxygens (including phenoxy) is 1. The Morgan fingerprint density at radius 2 is 2.17 bits per heavy atom. The minimum atomic E-state index is -0.851. The van der Waals surface area contributed by atoms with Gasteiger partial charge in [0.25, 0.3) is 5.91 Å². The molecule has 3 aliphatic heterocycles. The first-order chi connectivity index (χ1) is 8.42. The van der Waals surface area contributed by atoms with Gasteiger partial charge in [0.05, 0.1) is 6.61 Å². The van der Waals surface area contributed by atoms with Crippen LogP contribution in [0.2, 0.25) is 0 Å². The van der Waals surface area contributed by atoms with Crippen molar-refractivity contribution in [3.8, 4) is 0 Å². The molecule has 1 atom stereocenters. The predicted molar refractivity (Wildman–Crippen MR) is 59.1 cm³/mol. The molecule has 2 bridgehead atoms. The number of piperidine rings is 1. The van der Waals surface area contributed by atoms with E-state index in [0.29, 0.717) is 25.9 Å². The Balaban J connectivity index is 1.62. The molecule has 0 radical (unpaired) electrons. The molecule has 4 fully saturated rings. The highest BCUT2D eigenvalue weighted by Crippen LogP contribution is 2.50. The van der Waals surface area contributed by atoms with Gasteiger partial charge < -0.3 is 15.8 Å². The Kier molecular flexibility index (Phi) is 2.27. The predicted octanol–water partition coefficient (Wildman–Crippen LogP) is -1.83. The lowest BCUT2D eigenvalue weighted by Crippen LogP contribution is -2.64. The van der Waals surface area contributed by atoms with Crippen LogP contribution in [0.15, 0.2) is 0 Å². The summed E-state index contributed by atoms with van der Waals surface area (Å²) in [6.07, 6.45) is 1.57. The summed E-state index contributed by atoms with van der Waals surface area (Å²) >= 11 is 0. The van der Waals surface area contributed by atoms with E-state index in [1.807, 2.05) is 0 Å². The maximum atomic E-state index is 12.1. The van der Waals surface area contributed by atoms with Crippen molar-refractivity contribution in [2.45, 2.75) is 42.9 Å². The first-order valence-corrected chi connectivity index (χ1v) is 6.00. The molecule has 1 unspecified atom stereocenters. The largest absolute Gasteiger partial charge is 0.363 e. The van der Waals surface area contributed by atoms with E-state index in [1.165, 1.54) is 0 Å². The lowest BCUT2D eigenvalue weighted by Gasteiger charge is -2.41. The van der Waals surface area contributed by atoms with Crippen LogP contribution in [0.3, 0.4) is 0 Å². The Hall–Kier alpha value is -1.47. The van der Waals surface area contributed by atoms with Crippen LogP contribution in [0.4, 0.5) is 0 Å². The number of rotatable bonds is 2. The van der Waals surface area contributed by atoms with Crippen molar-refractivity contribution in [3.63, 3.8) is 0 Å². The van der Waals surface area contributed by atoms with E-state index in [2.05, 4.69) is 10.6 Å². The molecule has 0 aromatic rings. The minimum Gasteiger partial charge on any atom is -0.363 e. The molecule has 3 saturated heterocycles. The highest BCUT2D eigenvalue weighted by Gasteiger charge is 2.65. The maximum Gasteiger partial charge on any atom is 0.253 e. The summed E-state index contributed by atoms with van der Waals surface area (Å²) in [4.78, 5) is 34.6. The Bertz CT molecular complexity index is 442. The maximum absolute atomic E-state index is 12.1. The van der Waals surface area contributed by atoms with Crippen LogP contribution < -0.4 is 16.4 Å². The number of amides is 3. The van der Waals surface area contributed by atoms with Crippen molar-refractivity contribution in [1.29, 1.82) is 0 Å². The molecule has 1 aliphatic carbocycles. The number of nitrogens with one attached hydrogen (secondary N) is 2. The molecule has 1 saturated carbocycles.